The van der Waals surface area contributed by atoms with Crippen LogP contribution >= 0.6 is 54.9 Å². The number of amides is 1. The molecule has 2 rings (SSSR count). The highest BCUT2D eigenvalue weighted by molar-refractivity contribution is 14.2. The number of unbranched alkanes of at least 4 members (excludes halogenated alkanes) is 1. The predicted molar refractivity (Wildman–Crippen MR) is 119 cm³/mol. The van der Waals surface area contributed by atoms with Crippen molar-refractivity contribution in [1.29, 1.82) is 0 Å². The molecular formula is C18H19I2NOS. The number of hydrogen-bond acceptors (Lipinski definition) is 2. The molecule has 1 aliphatic rings. The summed E-state index contributed by atoms with van der Waals surface area (Å²) in [6, 6.07) is 4.14. The van der Waals surface area contributed by atoms with E-state index >= 15 is 0 Å². The van der Waals surface area contributed by atoms with Crippen LogP contribution in [0.15, 0.2) is 59.7 Å². The first kappa shape index (κ1) is 18.8. The van der Waals surface area contributed by atoms with Gasteiger partial charge < -0.3 is 0 Å². The Hall–Kier alpha value is -0.540. The van der Waals surface area contributed by atoms with Crippen LogP contribution < -0.4 is 0 Å². The third kappa shape index (κ3) is 6.46. The van der Waals surface area contributed by atoms with E-state index in [1.165, 1.54) is 19.2 Å². The Kier molecular flexibility index (Phi) is 8.46. The Morgan fingerprint density at radius 3 is 3.04 bits per heavy atom. The summed E-state index contributed by atoms with van der Waals surface area (Å²) in [7, 11) is 0. The Morgan fingerprint density at radius 1 is 1.43 bits per heavy atom. The van der Waals surface area contributed by atoms with Crippen LogP contribution in [-0.2, 0) is 4.79 Å². The summed E-state index contributed by atoms with van der Waals surface area (Å²) in [5.41, 5.74) is 0.795. The first-order valence-electron chi connectivity index (χ1n) is 7.35. The number of allylic oxidation sites excluding steroid dienone is 5. The van der Waals surface area contributed by atoms with Gasteiger partial charge >= 0.3 is 0 Å². The quantitative estimate of drug-likeness (QED) is 0.103. The molecule has 0 saturated carbocycles. The molecule has 0 aromatic carbocycles. The van der Waals surface area contributed by atoms with Gasteiger partial charge in [0.2, 0.25) is 0 Å². The van der Waals surface area contributed by atoms with Gasteiger partial charge in [-0.3, -0.25) is 7.91 Å². The van der Waals surface area contributed by atoms with Crippen LogP contribution in [0.5, 0.6) is 0 Å². The molecule has 0 fully saturated rings. The second-order valence-electron chi connectivity index (χ2n) is 4.86. The molecule has 0 bridgehead atoms. The number of halogens is 2. The average molecular weight is 551 g/mol. The van der Waals surface area contributed by atoms with Crippen molar-refractivity contribution >= 4 is 70.4 Å². The zero-order valence-corrected chi connectivity index (χ0v) is 18.0. The molecule has 23 heavy (non-hydrogen) atoms. The summed E-state index contributed by atoms with van der Waals surface area (Å²) in [5.74, 6) is 0.118. The number of carbonyl (C=O) groups is 1. The lowest BCUT2D eigenvalue weighted by molar-refractivity contribution is -0.119. The van der Waals surface area contributed by atoms with Crippen LogP contribution in [0.2, 0.25) is 0 Å². The largest absolute Gasteiger partial charge is 0.268 e. The van der Waals surface area contributed by atoms with Gasteiger partial charge in [-0.15, -0.1) is 11.3 Å². The third-order valence-electron chi connectivity index (χ3n) is 3.02. The van der Waals surface area contributed by atoms with Gasteiger partial charge in [0.15, 0.2) is 0 Å². The number of hydrogen-bond donors (Lipinski definition) is 0. The van der Waals surface area contributed by atoms with Gasteiger partial charge in [0.1, 0.15) is 0 Å². The van der Waals surface area contributed by atoms with Crippen molar-refractivity contribution in [1.82, 2.24) is 3.11 Å². The Labute approximate surface area is 165 Å². The lowest BCUT2D eigenvalue weighted by Gasteiger charge is -2.09. The van der Waals surface area contributed by atoms with Crippen LogP contribution in [0, 0.1) is 0 Å². The second-order valence-corrected chi connectivity index (χ2v) is 9.68. The maximum absolute atomic E-state index is 12.4. The first-order chi connectivity index (χ1) is 11.2. The number of alkyl halides is 1. The van der Waals surface area contributed by atoms with E-state index < -0.39 is 21.0 Å². The monoisotopic (exact) mass is 551 g/mol. The van der Waals surface area contributed by atoms with Crippen molar-refractivity contribution in [3.05, 3.63) is 64.5 Å². The zero-order chi connectivity index (χ0) is 16.5. The van der Waals surface area contributed by atoms with Crippen LogP contribution in [0.1, 0.15) is 24.6 Å². The zero-order valence-electron chi connectivity index (χ0n) is 12.9. The van der Waals surface area contributed by atoms with Crippen molar-refractivity contribution < 1.29 is 4.79 Å². The Bertz CT molecular complexity index is 669. The fourth-order valence-electron chi connectivity index (χ4n) is 1.78. The predicted octanol–water partition coefficient (Wildman–Crippen LogP) is 5.89. The average Bonchev–Trinajstić information content (AvgIpc) is 3.23. The molecule has 2 nitrogen and oxygen atoms in total. The number of thiophene rings is 1. The van der Waals surface area contributed by atoms with Crippen molar-refractivity contribution in [2.75, 3.05) is 4.43 Å². The lowest BCUT2D eigenvalue weighted by atomic mass is 10.2. The van der Waals surface area contributed by atoms with Crippen LogP contribution in [-0.4, -0.2) is 17.0 Å². The van der Waals surface area contributed by atoms with Crippen LogP contribution in [0.4, 0.5) is 0 Å². The summed E-state index contributed by atoms with van der Waals surface area (Å²) >= 11 is 3.67. The van der Waals surface area contributed by atoms with Gasteiger partial charge in [-0.2, -0.15) is 0 Å². The number of rotatable bonds is 7. The van der Waals surface area contributed by atoms with E-state index in [9.17, 15) is 4.79 Å². The standard InChI is InChI=1S/C18H19I2NOS/c1-15(7-4-2-3-5-12-19)18(22)21-13-11-16(20-21)9-10-17-8-6-14-23-17/h2,4,6-11,13-14H,3,5,12H2,1H3/b4-2-,10-9+,15-7+. The van der Waals surface area contributed by atoms with E-state index in [2.05, 4.69) is 58.3 Å². The third-order valence-corrected chi connectivity index (χ3v) is 7.18. The molecule has 0 atom stereocenters. The van der Waals surface area contributed by atoms with E-state index in [1.807, 2.05) is 34.5 Å². The summed E-state index contributed by atoms with van der Waals surface area (Å²) in [5, 5.41) is 2.07. The molecule has 0 N–H and O–H groups in total. The molecule has 0 saturated heterocycles. The van der Waals surface area contributed by atoms with Crippen molar-refractivity contribution in [2.24, 2.45) is 0 Å². The summed E-state index contributed by atoms with van der Waals surface area (Å²) in [6.45, 7) is 1.89. The van der Waals surface area contributed by atoms with Gasteiger partial charge in [0.05, 0.1) is 0 Å². The van der Waals surface area contributed by atoms with Gasteiger partial charge in [-0.05, 0) is 53.9 Å². The molecule has 0 aliphatic carbocycles. The summed E-state index contributed by atoms with van der Waals surface area (Å²) in [6.07, 6.45) is 16.5. The first-order valence-corrected chi connectivity index (χ1v) is 11.8. The molecule has 1 aromatic heterocycles. The summed E-state index contributed by atoms with van der Waals surface area (Å²) in [4.78, 5) is 13.7. The molecule has 0 unspecified atom stereocenters. The highest BCUT2D eigenvalue weighted by atomic mass is 127. The lowest BCUT2D eigenvalue weighted by Crippen LogP contribution is -2.15. The smallest absolute Gasteiger partial charge is 0.261 e. The minimum absolute atomic E-state index is 0.118. The van der Waals surface area contributed by atoms with E-state index in [0.717, 1.165) is 12.0 Å². The molecular weight excluding hydrogens is 532 g/mol. The van der Waals surface area contributed by atoms with E-state index in [1.54, 1.807) is 11.3 Å². The van der Waals surface area contributed by atoms with Gasteiger partial charge in [-0.1, -0.05) is 46.9 Å². The highest BCUT2D eigenvalue weighted by Gasteiger charge is 2.14. The van der Waals surface area contributed by atoms with E-state index in [-0.39, 0.29) is 5.91 Å². The molecule has 1 aromatic rings. The van der Waals surface area contributed by atoms with Crippen LogP contribution in [0.3, 0.4) is 0 Å². The van der Waals surface area contributed by atoms with Crippen molar-refractivity contribution in [3.63, 3.8) is 0 Å². The van der Waals surface area contributed by atoms with Gasteiger partial charge in [0, 0.05) is 41.2 Å². The molecule has 1 aliphatic heterocycles. The molecule has 122 valence electrons. The fourth-order valence-corrected chi connectivity index (χ4v) is 5.02. The number of carbonyl (C=O) groups excluding carboxylic acids is 1. The molecule has 1 amide bonds. The van der Waals surface area contributed by atoms with Crippen LogP contribution in [0.25, 0.3) is 6.08 Å². The molecule has 2 heterocycles. The fraction of sp³-hybridized carbons (Fsp3) is 0.222. The van der Waals surface area contributed by atoms with E-state index in [4.69, 9.17) is 0 Å². The van der Waals surface area contributed by atoms with Crippen molar-refractivity contribution in [3.8, 4) is 0 Å². The van der Waals surface area contributed by atoms with E-state index in [0.29, 0.717) is 0 Å². The Balaban J connectivity index is 1.92. The minimum Gasteiger partial charge on any atom is -0.268 e. The maximum atomic E-state index is 12.4. The number of nitrogens with zero attached hydrogens (tertiary/aromatic N) is 1. The summed E-state index contributed by atoms with van der Waals surface area (Å²) < 4.78 is 4.30. The van der Waals surface area contributed by atoms with Gasteiger partial charge in [0.25, 0.3) is 5.91 Å². The maximum Gasteiger partial charge on any atom is 0.261 e. The minimum atomic E-state index is -0.432. The Morgan fingerprint density at radius 2 is 2.30 bits per heavy atom. The highest BCUT2D eigenvalue weighted by Crippen LogP contribution is 2.23. The SMILES string of the molecule is C/C(=C\C=C/CCCI)C(=O)N1C=CC(/C=C/c2cccs2)=I1. The normalized spacial score (nSPS) is 15.5. The molecule has 0 radical (unpaired) electrons. The molecule has 5 heteroatoms. The molecule has 0 spiro atoms. The topological polar surface area (TPSA) is 20.3 Å². The van der Waals surface area contributed by atoms with Crippen molar-refractivity contribution in [2.45, 2.75) is 19.8 Å². The van der Waals surface area contributed by atoms with Gasteiger partial charge in [-0.25, -0.2) is 0 Å². The second kappa shape index (κ2) is 10.4.